The zero-order valence-corrected chi connectivity index (χ0v) is 10.9. The first-order chi connectivity index (χ1) is 7.78. The van der Waals surface area contributed by atoms with Crippen molar-refractivity contribution in [1.29, 1.82) is 0 Å². The Morgan fingerprint density at radius 2 is 2.00 bits per heavy atom. The molecule has 16 heavy (non-hydrogen) atoms. The highest BCUT2D eigenvalue weighted by atomic mass is 79.9. The van der Waals surface area contributed by atoms with Gasteiger partial charge in [0.1, 0.15) is 5.01 Å². The second kappa shape index (κ2) is 5.38. The summed E-state index contributed by atoms with van der Waals surface area (Å²) in [5, 5.41) is 13.0. The van der Waals surface area contributed by atoms with Crippen LogP contribution in [-0.2, 0) is 6.42 Å². The van der Waals surface area contributed by atoms with Crippen LogP contribution in [0.2, 0.25) is 0 Å². The summed E-state index contributed by atoms with van der Waals surface area (Å²) in [5.41, 5.74) is 6.45. The van der Waals surface area contributed by atoms with Crippen LogP contribution in [0.15, 0.2) is 28.7 Å². The van der Waals surface area contributed by atoms with Crippen molar-refractivity contribution in [3.63, 3.8) is 0 Å². The minimum absolute atomic E-state index is 0.604. The summed E-state index contributed by atoms with van der Waals surface area (Å²) in [6.07, 6.45) is 0.777. The number of anilines is 2. The summed E-state index contributed by atoms with van der Waals surface area (Å²) in [4.78, 5) is 0. The van der Waals surface area contributed by atoms with Gasteiger partial charge in [-0.25, -0.2) is 0 Å². The van der Waals surface area contributed by atoms with E-state index in [0.717, 1.165) is 26.7 Å². The van der Waals surface area contributed by atoms with Gasteiger partial charge in [0.2, 0.25) is 5.13 Å². The fraction of sp³-hybridized carbons (Fsp3) is 0.200. The van der Waals surface area contributed by atoms with Crippen LogP contribution in [0.4, 0.5) is 10.8 Å². The van der Waals surface area contributed by atoms with Gasteiger partial charge in [0.15, 0.2) is 0 Å². The molecule has 2 rings (SSSR count). The number of nitrogens with zero attached hydrogens (tertiary/aromatic N) is 2. The molecule has 0 spiro atoms. The largest absolute Gasteiger partial charge is 0.330 e. The van der Waals surface area contributed by atoms with Crippen LogP contribution >= 0.6 is 27.3 Å². The Morgan fingerprint density at radius 1 is 1.25 bits per heavy atom. The second-order valence-corrected chi connectivity index (χ2v) is 5.15. The number of nitrogens with one attached hydrogen (secondary N) is 1. The van der Waals surface area contributed by atoms with Crippen molar-refractivity contribution in [3.05, 3.63) is 33.7 Å². The molecular weight excluding hydrogens is 288 g/mol. The molecule has 2 aromatic rings. The van der Waals surface area contributed by atoms with Crippen LogP contribution in [0.25, 0.3) is 0 Å². The van der Waals surface area contributed by atoms with Crippen molar-refractivity contribution in [2.75, 3.05) is 11.9 Å². The molecule has 1 aromatic carbocycles. The standard InChI is InChI=1S/C10H11BrN4S/c11-7-1-3-8(4-2-7)13-10-15-14-9(16-10)5-6-12/h1-4H,5-6,12H2,(H,13,15). The third-order valence-electron chi connectivity index (χ3n) is 1.92. The molecule has 0 bridgehead atoms. The molecule has 0 amide bonds. The van der Waals surface area contributed by atoms with Crippen LogP contribution < -0.4 is 11.1 Å². The molecule has 6 heteroatoms. The van der Waals surface area contributed by atoms with E-state index in [1.807, 2.05) is 24.3 Å². The fourth-order valence-corrected chi connectivity index (χ4v) is 2.22. The van der Waals surface area contributed by atoms with Crippen LogP contribution in [-0.4, -0.2) is 16.7 Å². The number of halogens is 1. The minimum Gasteiger partial charge on any atom is -0.330 e. The maximum atomic E-state index is 5.45. The Morgan fingerprint density at radius 3 is 2.69 bits per heavy atom. The molecule has 0 unspecified atom stereocenters. The van der Waals surface area contributed by atoms with Gasteiger partial charge in [-0.1, -0.05) is 27.3 Å². The zero-order valence-electron chi connectivity index (χ0n) is 8.48. The molecule has 0 aliphatic rings. The molecule has 4 nitrogen and oxygen atoms in total. The zero-order chi connectivity index (χ0) is 11.4. The number of hydrogen-bond donors (Lipinski definition) is 2. The fourth-order valence-electron chi connectivity index (χ4n) is 1.19. The average molecular weight is 299 g/mol. The first-order valence-electron chi connectivity index (χ1n) is 4.83. The van der Waals surface area contributed by atoms with Crippen molar-refractivity contribution in [3.8, 4) is 0 Å². The SMILES string of the molecule is NCCc1nnc(Nc2ccc(Br)cc2)s1. The monoisotopic (exact) mass is 298 g/mol. The van der Waals surface area contributed by atoms with E-state index in [9.17, 15) is 0 Å². The molecular formula is C10H11BrN4S. The van der Waals surface area contributed by atoms with E-state index in [1.54, 1.807) is 0 Å². The molecule has 0 atom stereocenters. The van der Waals surface area contributed by atoms with Gasteiger partial charge in [0, 0.05) is 16.6 Å². The predicted octanol–water partition coefficient (Wildman–Crippen LogP) is 2.55. The molecule has 3 N–H and O–H groups in total. The molecule has 0 aliphatic carbocycles. The molecule has 0 saturated heterocycles. The number of nitrogens with two attached hydrogens (primary N) is 1. The normalized spacial score (nSPS) is 10.4. The summed E-state index contributed by atoms with van der Waals surface area (Å²) in [6.45, 7) is 0.604. The van der Waals surface area contributed by atoms with Crippen LogP contribution in [0.3, 0.4) is 0 Å². The number of hydrogen-bond acceptors (Lipinski definition) is 5. The highest BCUT2D eigenvalue weighted by Gasteiger charge is 2.03. The van der Waals surface area contributed by atoms with Crippen LogP contribution in [0.5, 0.6) is 0 Å². The second-order valence-electron chi connectivity index (χ2n) is 3.17. The van der Waals surface area contributed by atoms with Crippen molar-refractivity contribution in [2.24, 2.45) is 5.73 Å². The number of rotatable bonds is 4. The van der Waals surface area contributed by atoms with Gasteiger partial charge in [0.25, 0.3) is 0 Å². The Kier molecular flexibility index (Phi) is 3.87. The molecule has 1 heterocycles. The topological polar surface area (TPSA) is 63.8 Å². The molecule has 0 fully saturated rings. The predicted molar refractivity (Wildman–Crippen MR) is 70.1 cm³/mol. The maximum Gasteiger partial charge on any atom is 0.210 e. The van der Waals surface area contributed by atoms with E-state index in [4.69, 9.17) is 5.73 Å². The van der Waals surface area contributed by atoms with E-state index in [-0.39, 0.29) is 0 Å². The van der Waals surface area contributed by atoms with Gasteiger partial charge in [0.05, 0.1) is 0 Å². The smallest absolute Gasteiger partial charge is 0.210 e. The lowest BCUT2D eigenvalue weighted by atomic mass is 10.3. The van der Waals surface area contributed by atoms with Gasteiger partial charge < -0.3 is 11.1 Å². The third kappa shape index (κ3) is 3.01. The van der Waals surface area contributed by atoms with Gasteiger partial charge in [-0.05, 0) is 30.8 Å². The summed E-state index contributed by atoms with van der Waals surface area (Å²) in [7, 11) is 0. The Hall–Kier alpha value is -0.980. The number of aromatic nitrogens is 2. The van der Waals surface area contributed by atoms with Crippen molar-refractivity contribution < 1.29 is 0 Å². The van der Waals surface area contributed by atoms with Crippen molar-refractivity contribution >= 4 is 38.1 Å². The van der Waals surface area contributed by atoms with Crippen LogP contribution in [0, 0.1) is 0 Å². The maximum absolute atomic E-state index is 5.45. The van der Waals surface area contributed by atoms with Gasteiger partial charge in [-0.3, -0.25) is 0 Å². The summed E-state index contributed by atoms with van der Waals surface area (Å²) in [6, 6.07) is 7.91. The quantitative estimate of drug-likeness (QED) is 0.910. The Balaban J connectivity index is 2.05. The van der Waals surface area contributed by atoms with Crippen molar-refractivity contribution in [2.45, 2.75) is 6.42 Å². The van der Waals surface area contributed by atoms with Crippen LogP contribution in [0.1, 0.15) is 5.01 Å². The lowest BCUT2D eigenvalue weighted by molar-refractivity contribution is 0.913. The molecule has 0 saturated carbocycles. The number of benzene rings is 1. The van der Waals surface area contributed by atoms with Gasteiger partial charge in [-0.15, -0.1) is 10.2 Å². The van der Waals surface area contributed by atoms with E-state index < -0.39 is 0 Å². The van der Waals surface area contributed by atoms with Gasteiger partial charge >= 0.3 is 0 Å². The summed E-state index contributed by atoms with van der Waals surface area (Å²) >= 11 is 4.92. The lowest BCUT2D eigenvalue weighted by Gasteiger charge is -2.00. The van der Waals surface area contributed by atoms with Crippen molar-refractivity contribution in [1.82, 2.24) is 10.2 Å². The summed E-state index contributed by atoms with van der Waals surface area (Å²) in [5.74, 6) is 0. The highest BCUT2D eigenvalue weighted by Crippen LogP contribution is 2.22. The third-order valence-corrected chi connectivity index (χ3v) is 3.35. The van der Waals surface area contributed by atoms with E-state index in [0.29, 0.717) is 6.54 Å². The molecule has 84 valence electrons. The molecule has 0 radical (unpaired) electrons. The van der Waals surface area contributed by atoms with E-state index >= 15 is 0 Å². The van der Waals surface area contributed by atoms with E-state index in [1.165, 1.54) is 11.3 Å². The lowest BCUT2D eigenvalue weighted by Crippen LogP contribution is -2.01. The van der Waals surface area contributed by atoms with Gasteiger partial charge in [-0.2, -0.15) is 0 Å². The Labute approximate surface area is 106 Å². The van der Waals surface area contributed by atoms with E-state index in [2.05, 4.69) is 31.4 Å². The minimum atomic E-state index is 0.604. The highest BCUT2D eigenvalue weighted by molar-refractivity contribution is 9.10. The first kappa shape index (κ1) is 11.5. The summed E-state index contributed by atoms with van der Waals surface area (Å²) < 4.78 is 1.05. The molecule has 1 aromatic heterocycles. The average Bonchev–Trinajstić information content (AvgIpc) is 2.70. The molecule has 0 aliphatic heterocycles. The Bertz CT molecular complexity index is 454. The first-order valence-corrected chi connectivity index (χ1v) is 6.44.